The van der Waals surface area contributed by atoms with Crippen molar-refractivity contribution < 1.29 is 8.83 Å². The molecule has 0 radical (unpaired) electrons. The van der Waals surface area contributed by atoms with Gasteiger partial charge in [-0.1, -0.05) is 41.9 Å². The molecule has 2 heterocycles. The summed E-state index contributed by atoms with van der Waals surface area (Å²) in [6, 6.07) is 14.2. The predicted octanol–water partition coefficient (Wildman–Crippen LogP) is 4.44. The minimum absolute atomic E-state index is 0.0251. The van der Waals surface area contributed by atoms with Crippen molar-refractivity contribution in [2.75, 3.05) is 5.73 Å². The molecule has 0 saturated heterocycles. The Labute approximate surface area is 129 Å². The SMILES string of the molecule is Nc1oc2c(oc3ccccc32)c(=O)c1-c1ccccc1Cl. The molecule has 5 heteroatoms. The molecule has 108 valence electrons. The summed E-state index contributed by atoms with van der Waals surface area (Å²) in [7, 11) is 0. The maximum atomic E-state index is 12.8. The number of para-hydroxylation sites is 1. The zero-order valence-electron chi connectivity index (χ0n) is 11.3. The molecular formula is C17H10ClNO3. The molecule has 0 bridgehead atoms. The van der Waals surface area contributed by atoms with Crippen molar-refractivity contribution in [3.63, 3.8) is 0 Å². The molecule has 0 fully saturated rings. The van der Waals surface area contributed by atoms with Crippen LogP contribution in [0.4, 0.5) is 5.88 Å². The Morgan fingerprint density at radius 2 is 1.64 bits per heavy atom. The maximum Gasteiger partial charge on any atom is 0.238 e. The number of fused-ring (bicyclic) bond motifs is 3. The van der Waals surface area contributed by atoms with Crippen molar-refractivity contribution in [1.29, 1.82) is 0 Å². The third kappa shape index (κ3) is 1.74. The predicted molar refractivity (Wildman–Crippen MR) is 87.1 cm³/mol. The lowest BCUT2D eigenvalue weighted by Gasteiger charge is -2.05. The second kappa shape index (κ2) is 4.64. The van der Waals surface area contributed by atoms with Gasteiger partial charge >= 0.3 is 0 Å². The Morgan fingerprint density at radius 3 is 2.45 bits per heavy atom. The van der Waals surface area contributed by atoms with Gasteiger partial charge in [0.2, 0.25) is 16.9 Å². The van der Waals surface area contributed by atoms with Gasteiger partial charge in [-0.15, -0.1) is 0 Å². The Balaban J connectivity index is 2.16. The topological polar surface area (TPSA) is 69.4 Å². The van der Waals surface area contributed by atoms with E-state index in [1.165, 1.54) is 0 Å². The van der Waals surface area contributed by atoms with Gasteiger partial charge in [0.1, 0.15) is 5.58 Å². The Morgan fingerprint density at radius 1 is 0.909 bits per heavy atom. The van der Waals surface area contributed by atoms with Crippen LogP contribution < -0.4 is 11.2 Å². The summed E-state index contributed by atoms with van der Waals surface area (Å²) in [6.07, 6.45) is 0. The Hall–Kier alpha value is -2.72. The van der Waals surface area contributed by atoms with E-state index in [0.29, 0.717) is 27.1 Å². The molecule has 2 aromatic heterocycles. The molecular weight excluding hydrogens is 302 g/mol. The first-order chi connectivity index (χ1) is 10.7. The van der Waals surface area contributed by atoms with E-state index in [1.54, 1.807) is 30.3 Å². The van der Waals surface area contributed by atoms with E-state index in [1.807, 2.05) is 18.2 Å². The van der Waals surface area contributed by atoms with Crippen molar-refractivity contribution in [2.24, 2.45) is 0 Å². The third-order valence-corrected chi connectivity index (χ3v) is 3.91. The van der Waals surface area contributed by atoms with E-state index < -0.39 is 0 Å². The molecule has 0 aliphatic heterocycles. The van der Waals surface area contributed by atoms with Crippen molar-refractivity contribution >= 4 is 39.6 Å². The molecule has 0 atom stereocenters. The lowest BCUT2D eigenvalue weighted by molar-refractivity contribution is 0.608. The third-order valence-electron chi connectivity index (χ3n) is 3.58. The Kier molecular flexibility index (Phi) is 2.74. The highest BCUT2D eigenvalue weighted by atomic mass is 35.5. The molecule has 2 N–H and O–H groups in total. The number of hydrogen-bond donors (Lipinski definition) is 1. The Bertz CT molecular complexity index is 1080. The van der Waals surface area contributed by atoms with Crippen LogP contribution in [0.5, 0.6) is 0 Å². The number of nitrogens with two attached hydrogens (primary N) is 1. The van der Waals surface area contributed by atoms with E-state index in [-0.39, 0.29) is 22.5 Å². The number of benzene rings is 2. The van der Waals surface area contributed by atoms with Crippen molar-refractivity contribution in [1.82, 2.24) is 0 Å². The van der Waals surface area contributed by atoms with Crippen LogP contribution in [0.25, 0.3) is 33.3 Å². The average molecular weight is 312 g/mol. The van der Waals surface area contributed by atoms with Gasteiger partial charge in [-0.2, -0.15) is 0 Å². The van der Waals surface area contributed by atoms with Crippen LogP contribution in [0.3, 0.4) is 0 Å². The quantitative estimate of drug-likeness (QED) is 0.564. The van der Waals surface area contributed by atoms with Gasteiger partial charge < -0.3 is 14.6 Å². The summed E-state index contributed by atoms with van der Waals surface area (Å²) in [5.74, 6) is 0.0251. The summed E-state index contributed by atoms with van der Waals surface area (Å²) in [6.45, 7) is 0. The van der Waals surface area contributed by atoms with Gasteiger partial charge in [-0.05, 0) is 18.2 Å². The molecule has 0 unspecified atom stereocenters. The molecule has 2 aromatic carbocycles. The zero-order chi connectivity index (χ0) is 15.3. The number of rotatable bonds is 1. The van der Waals surface area contributed by atoms with E-state index in [4.69, 9.17) is 26.2 Å². The fraction of sp³-hybridized carbons (Fsp3) is 0. The first kappa shape index (κ1) is 13.0. The van der Waals surface area contributed by atoms with E-state index in [0.717, 1.165) is 0 Å². The molecule has 0 aliphatic carbocycles. The second-order valence-electron chi connectivity index (χ2n) is 4.91. The summed E-state index contributed by atoms with van der Waals surface area (Å²) < 4.78 is 11.3. The molecule has 22 heavy (non-hydrogen) atoms. The van der Waals surface area contributed by atoms with Crippen molar-refractivity contribution in [2.45, 2.75) is 0 Å². The lowest BCUT2D eigenvalue weighted by Crippen LogP contribution is -2.08. The summed E-state index contributed by atoms with van der Waals surface area (Å²) in [5.41, 5.74) is 7.46. The molecule has 0 aliphatic rings. The number of halogens is 1. The van der Waals surface area contributed by atoms with Crippen LogP contribution in [0.15, 0.2) is 62.2 Å². The molecule has 4 nitrogen and oxygen atoms in total. The largest absolute Gasteiger partial charge is 0.448 e. The fourth-order valence-corrected chi connectivity index (χ4v) is 2.81. The maximum absolute atomic E-state index is 12.8. The van der Waals surface area contributed by atoms with E-state index >= 15 is 0 Å². The molecule has 4 aromatic rings. The summed E-state index contributed by atoms with van der Waals surface area (Å²) in [4.78, 5) is 12.8. The highest BCUT2D eigenvalue weighted by Crippen LogP contribution is 2.34. The van der Waals surface area contributed by atoms with Gasteiger partial charge in [0.15, 0.2) is 5.58 Å². The molecule has 0 spiro atoms. The lowest BCUT2D eigenvalue weighted by atomic mass is 10.1. The fourth-order valence-electron chi connectivity index (χ4n) is 2.58. The first-order valence-corrected chi connectivity index (χ1v) is 7.03. The second-order valence-corrected chi connectivity index (χ2v) is 5.31. The monoisotopic (exact) mass is 311 g/mol. The van der Waals surface area contributed by atoms with Crippen LogP contribution in [-0.2, 0) is 0 Å². The van der Waals surface area contributed by atoms with Gasteiger partial charge in [-0.3, -0.25) is 4.79 Å². The number of nitrogen functional groups attached to an aromatic ring is 1. The van der Waals surface area contributed by atoms with Crippen LogP contribution >= 0.6 is 11.6 Å². The first-order valence-electron chi connectivity index (χ1n) is 6.65. The van der Waals surface area contributed by atoms with Crippen molar-refractivity contribution in [3.05, 3.63) is 63.8 Å². The average Bonchev–Trinajstić information content (AvgIpc) is 2.88. The number of anilines is 1. The van der Waals surface area contributed by atoms with Crippen LogP contribution in [0, 0.1) is 0 Å². The molecule has 0 amide bonds. The van der Waals surface area contributed by atoms with Gasteiger partial charge in [0, 0.05) is 10.6 Å². The molecule has 0 saturated carbocycles. The number of furan rings is 1. The van der Waals surface area contributed by atoms with Crippen LogP contribution in [-0.4, -0.2) is 0 Å². The minimum Gasteiger partial charge on any atom is -0.448 e. The van der Waals surface area contributed by atoms with Crippen LogP contribution in [0.1, 0.15) is 0 Å². The van der Waals surface area contributed by atoms with E-state index in [2.05, 4.69) is 0 Å². The minimum atomic E-state index is -0.331. The van der Waals surface area contributed by atoms with Crippen molar-refractivity contribution in [3.8, 4) is 11.1 Å². The normalized spacial score (nSPS) is 11.3. The van der Waals surface area contributed by atoms with Gasteiger partial charge in [0.25, 0.3) is 0 Å². The van der Waals surface area contributed by atoms with Gasteiger partial charge in [0.05, 0.1) is 10.9 Å². The van der Waals surface area contributed by atoms with E-state index in [9.17, 15) is 4.79 Å². The molecule has 4 rings (SSSR count). The number of hydrogen-bond acceptors (Lipinski definition) is 4. The van der Waals surface area contributed by atoms with Gasteiger partial charge in [-0.25, -0.2) is 0 Å². The smallest absolute Gasteiger partial charge is 0.238 e. The summed E-state index contributed by atoms with van der Waals surface area (Å²) in [5, 5.41) is 1.14. The summed E-state index contributed by atoms with van der Waals surface area (Å²) >= 11 is 6.17. The zero-order valence-corrected chi connectivity index (χ0v) is 12.1. The standard InChI is InChI=1S/C17H10ClNO3/c18-11-7-3-1-5-9(11)13-14(20)16-15(22-17(13)19)10-6-2-4-8-12(10)21-16/h1-8H,19H2. The highest BCUT2D eigenvalue weighted by Gasteiger charge is 2.20. The van der Waals surface area contributed by atoms with Crippen LogP contribution in [0.2, 0.25) is 5.02 Å². The highest BCUT2D eigenvalue weighted by molar-refractivity contribution is 6.33.